The van der Waals surface area contributed by atoms with Crippen LogP contribution < -0.4 is 10.3 Å². The van der Waals surface area contributed by atoms with Gasteiger partial charge in [0.15, 0.2) is 5.82 Å². The fraction of sp³-hybridized carbons (Fsp3) is 0.192. The second-order valence-corrected chi connectivity index (χ2v) is 7.93. The highest BCUT2D eigenvalue weighted by atomic mass is 19.1. The minimum atomic E-state index is -0.370. The number of aryl methyl sites for hydroxylation is 1. The van der Waals surface area contributed by atoms with Gasteiger partial charge < -0.3 is 4.74 Å². The molecule has 3 aromatic carbocycles. The van der Waals surface area contributed by atoms with Gasteiger partial charge in [-0.2, -0.15) is 9.78 Å². The zero-order valence-corrected chi connectivity index (χ0v) is 18.5. The monoisotopic (exact) mass is 429 g/mol. The summed E-state index contributed by atoms with van der Waals surface area (Å²) in [5, 5.41) is 4.88. The van der Waals surface area contributed by atoms with Gasteiger partial charge in [0.25, 0.3) is 5.56 Å². The Labute approximate surface area is 185 Å². The molecular weight excluding hydrogens is 405 g/mol. The van der Waals surface area contributed by atoms with Crippen LogP contribution in [0.15, 0.2) is 70.6 Å². The van der Waals surface area contributed by atoms with Crippen molar-refractivity contribution in [1.29, 1.82) is 0 Å². The van der Waals surface area contributed by atoms with Crippen molar-refractivity contribution in [2.45, 2.75) is 26.7 Å². The summed E-state index contributed by atoms with van der Waals surface area (Å²) in [6, 6.07) is 17.2. The van der Waals surface area contributed by atoms with Crippen molar-refractivity contribution in [1.82, 2.24) is 9.66 Å². The lowest BCUT2D eigenvalue weighted by Gasteiger charge is -2.17. The van der Waals surface area contributed by atoms with E-state index < -0.39 is 0 Å². The maximum atomic E-state index is 13.6. The molecule has 0 N–H and O–H groups in total. The molecule has 0 aliphatic rings. The van der Waals surface area contributed by atoms with E-state index in [9.17, 15) is 9.18 Å². The number of rotatable bonds is 5. The quantitative estimate of drug-likeness (QED) is 0.392. The zero-order chi connectivity index (χ0) is 22.8. The number of fused-ring (bicyclic) bond motifs is 1. The predicted octanol–water partition coefficient (Wildman–Crippen LogP) is 5.53. The van der Waals surface area contributed by atoms with Crippen LogP contribution in [0.5, 0.6) is 5.75 Å². The molecule has 5 nitrogen and oxygen atoms in total. The molecule has 6 heteroatoms. The minimum absolute atomic E-state index is 0.209. The third-order valence-electron chi connectivity index (χ3n) is 5.36. The molecule has 0 aliphatic heterocycles. The molecule has 1 heterocycles. The summed E-state index contributed by atoms with van der Waals surface area (Å²) in [6.45, 7) is 6.11. The predicted molar refractivity (Wildman–Crippen MR) is 126 cm³/mol. The Morgan fingerprint density at radius 2 is 1.88 bits per heavy atom. The fourth-order valence-electron chi connectivity index (χ4n) is 3.68. The number of halogens is 1. The molecule has 0 amide bonds. The van der Waals surface area contributed by atoms with Crippen LogP contribution in [0.25, 0.3) is 22.3 Å². The van der Waals surface area contributed by atoms with Crippen LogP contribution in [0.4, 0.5) is 4.39 Å². The lowest BCUT2D eigenvalue weighted by atomic mass is 9.96. The van der Waals surface area contributed by atoms with E-state index in [4.69, 9.17) is 9.72 Å². The molecule has 32 heavy (non-hydrogen) atoms. The van der Waals surface area contributed by atoms with Gasteiger partial charge in [0.1, 0.15) is 11.6 Å². The van der Waals surface area contributed by atoms with E-state index in [0.29, 0.717) is 22.3 Å². The van der Waals surface area contributed by atoms with Crippen molar-refractivity contribution in [3.8, 4) is 17.1 Å². The molecule has 0 spiro atoms. The van der Waals surface area contributed by atoms with Gasteiger partial charge in [-0.3, -0.25) is 4.79 Å². The largest absolute Gasteiger partial charge is 0.496 e. The Bertz CT molecular complexity index is 1390. The van der Waals surface area contributed by atoms with E-state index in [2.05, 4.69) is 18.9 Å². The Morgan fingerprint density at radius 1 is 1.09 bits per heavy atom. The number of hydrogen-bond donors (Lipinski definition) is 0. The third kappa shape index (κ3) is 4.04. The van der Waals surface area contributed by atoms with Gasteiger partial charge in [-0.1, -0.05) is 38.1 Å². The summed E-state index contributed by atoms with van der Waals surface area (Å²) < 4.78 is 20.5. The van der Waals surface area contributed by atoms with E-state index in [1.165, 1.54) is 23.0 Å². The average Bonchev–Trinajstić information content (AvgIpc) is 2.78. The van der Waals surface area contributed by atoms with Gasteiger partial charge in [-0.25, -0.2) is 9.37 Å². The number of hydrogen-bond acceptors (Lipinski definition) is 4. The maximum absolute atomic E-state index is 13.6. The summed E-state index contributed by atoms with van der Waals surface area (Å²) in [7, 11) is 1.65. The van der Waals surface area contributed by atoms with Gasteiger partial charge >= 0.3 is 0 Å². The Balaban J connectivity index is 2.00. The van der Waals surface area contributed by atoms with Crippen LogP contribution in [-0.4, -0.2) is 23.0 Å². The molecule has 4 aromatic rings. The summed E-state index contributed by atoms with van der Waals surface area (Å²) in [6.07, 6.45) is 1.46. The highest BCUT2D eigenvalue weighted by Crippen LogP contribution is 2.34. The minimum Gasteiger partial charge on any atom is -0.496 e. The number of ether oxygens (including phenoxy) is 1. The first-order valence-electron chi connectivity index (χ1n) is 10.4. The summed E-state index contributed by atoms with van der Waals surface area (Å²) >= 11 is 0. The maximum Gasteiger partial charge on any atom is 0.282 e. The van der Waals surface area contributed by atoms with Gasteiger partial charge in [0, 0.05) is 5.56 Å². The first kappa shape index (κ1) is 21.4. The lowest BCUT2D eigenvalue weighted by Crippen LogP contribution is -2.20. The van der Waals surface area contributed by atoms with Gasteiger partial charge in [0.2, 0.25) is 0 Å². The van der Waals surface area contributed by atoms with Gasteiger partial charge in [-0.05, 0) is 65.9 Å². The molecule has 0 bridgehead atoms. The molecular formula is C26H24FN3O2. The van der Waals surface area contributed by atoms with Crippen LogP contribution >= 0.6 is 0 Å². The smallest absolute Gasteiger partial charge is 0.282 e. The molecule has 4 rings (SSSR count). The van der Waals surface area contributed by atoms with E-state index in [-0.39, 0.29) is 17.3 Å². The second kappa shape index (κ2) is 8.75. The molecule has 0 aliphatic carbocycles. The van der Waals surface area contributed by atoms with Gasteiger partial charge in [-0.15, -0.1) is 0 Å². The Morgan fingerprint density at radius 3 is 2.59 bits per heavy atom. The number of aromatic nitrogens is 2. The highest BCUT2D eigenvalue weighted by Gasteiger charge is 2.18. The van der Waals surface area contributed by atoms with Crippen LogP contribution in [-0.2, 0) is 0 Å². The van der Waals surface area contributed by atoms with Crippen molar-refractivity contribution in [2.75, 3.05) is 7.11 Å². The zero-order valence-electron chi connectivity index (χ0n) is 18.5. The van der Waals surface area contributed by atoms with Gasteiger partial charge in [0.05, 0.1) is 24.2 Å². The molecule has 1 aromatic heterocycles. The third-order valence-corrected chi connectivity index (χ3v) is 5.36. The number of para-hydroxylation sites is 1. The number of benzene rings is 3. The Hall–Kier alpha value is -3.80. The summed E-state index contributed by atoms with van der Waals surface area (Å²) in [5.41, 5.74) is 3.55. The van der Waals surface area contributed by atoms with Crippen LogP contribution in [0.2, 0.25) is 0 Å². The van der Waals surface area contributed by atoms with E-state index in [0.717, 1.165) is 22.4 Å². The van der Waals surface area contributed by atoms with Crippen molar-refractivity contribution < 1.29 is 9.13 Å². The highest BCUT2D eigenvalue weighted by molar-refractivity contribution is 5.82. The second-order valence-electron chi connectivity index (χ2n) is 7.93. The topological polar surface area (TPSA) is 56.5 Å². The van der Waals surface area contributed by atoms with Crippen molar-refractivity contribution in [3.05, 3.63) is 93.5 Å². The molecule has 0 radical (unpaired) electrons. The SMILES string of the molecule is COc1cc(C)c(-c2nc3ccccc3c(=O)n2N=Cc2cccc(F)c2)cc1C(C)C. The molecule has 162 valence electrons. The van der Waals surface area contributed by atoms with Crippen molar-refractivity contribution >= 4 is 17.1 Å². The van der Waals surface area contributed by atoms with Crippen molar-refractivity contribution in [3.63, 3.8) is 0 Å². The fourth-order valence-corrected chi connectivity index (χ4v) is 3.68. The summed E-state index contributed by atoms with van der Waals surface area (Å²) in [5.74, 6) is 1.05. The number of methoxy groups -OCH3 is 1. The van der Waals surface area contributed by atoms with Crippen molar-refractivity contribution in [2.24, 2.45) is 5.10 Å². The molecule has 0 saturated carbocycles. The van der Waals surface area contributed by atoms with E-state index in [1.54, 1.807) is 31.4 Å². The van der Waals surface area contributed by atoms with E-state index in [1.807, 2.05) is 31.2 Å². The molecule has 0 fully saturated rings. The van der Waals surface area contributed by atoms with E-state index >= 15 is 0 Å². The normalized spacial score (nSPS) is 11.6. The standard InChI is InChI=1S/C26H24FN3O2/c1-16(2)21-14-22(17(3)12-24(21)32-4)25-29-23-11-6-5-10-20(23)26(31)30(25)28-15-18-8-7-9-19(27)13-18/h5-16H,1-4H3. The lowest BCUT2D eigenvalue weighted by molar-refractivity contribution is 0.407. The molecule has 0 atom stereocenters. The number of nitrogens with zero attached hydrogens (tertiary/aromatic N) is 3. The molecule has 0 unspecified atom stereocenters. The average molecular weight is 429 g/mol. The molecule has 0 saturated heterocycles. The van der Waals surface area contributed by atoms with Crippen LogP contribution in [0.1, 0.15) is 36.5 Å². The first-order valence-corrected chi connectivity index (χ1v) is 10.4. The van der Waals surface area contributed by atoms with Crippen LogP contribution in [0, 0.1) is 12.7 Å². The van der Waals surface area contributed by atoms with Crippen LogP contribution in [0.3, 0.4) is 0 Å². The Kier molecular flexibility index (Phi) is 5.86. The summed E-state index contributed by atoms with van der Waals surface area (Å²) in [4.78, 5) is 18.2. The first-order chi connectivity index (χ1) is 15.4.